The summed E-state index contributed by atoms with van der Waals surface area (Å²) < 4.78 is 0. The second kappa shape index (κ2) is 2.35. The Hall–Kier alpha value is -0.370. The molecule has 1 amide bonds. The predicted octanol–water partition coefficient (Wildman–Crippen LogP) is 0.769. The van der Waals surface area contributed by atoms with Gasteiger partial charge in [-0.15, -0.1) is 0 Å². The quantitative estimate of drug-likeness (QED) is 0.587. The van der Waals surface area contributed by atoms with Gasteiger partial charge in [0, 0.05) is 12.8 Å². The Morgan fingerprint density at radius 2 is 1.62 bits per heavy atom. The smallest absolute Gasteiger partial charge is 0.263 e. The molecule has 3 aliphatic rings. The third kappa shape index (κ3) is 1.23. The van der Waals surface area contributed by atoms with Crippen LogP contribution in [0.1, 0.15) is 47.0 Å². The first kappa shape index (κ1) is 9.20. The van der Waals surface area contributed by atoms with E-state index in [1.165, 1.54) is 17.7 Å². The van der Waals surface area contributed by atoms with Gasteiger partial charge in [0.05, 0.1) is 17.5 Å². The third-order valence-corrected chi connectivity index (χ3v) is 3.70. The lowest BCUT2D eigenvalue weighted by Gasteiger charge is -2.54. The third-order valence-electron chi connectivity index (χ3n) is 3.70. The molecule has 0 aromatic rings. The van der Waals surface area contributed by atoms with Crippen LogP contribution in [0.2, 0.25) is 0 Å². The van der Waals surface area contributed by atoms with Crippen LogP contribution in [0.15, 0.2) is 0 Å². The molecule has 3 rings (SSSR count). The van der Waals surface area contributed by atoms with E-state index >= 15 is 0 Å². The van der Waals surface area contributed by atoms with Crippen LogP contribution in [0, 0.1) is 5.92 Å². The van der Waals surface area contributed by atoms with Crippen LogP contribution in [0.3, 0.4) is 0 Å². The van der Waals surface area contributed by atoms with E-state index < -0.39 is 0 Å². The topological polar surface area (TPSA) is 21.5 Å². The van der Waals surface area contributed by atoms with Crippen molar-refractivity contribution in [2.24, 2.45) is 5.92 Å². The van der Waals surface area contributed by atoms with E-state index in [4.69, 9.17) is 0 Å². The van der Waals surface area contributed by atoms with Gasteiger partial charge in [-0.05, 0) is 33.6 Å². The van der Waals surface area contributed by atoms with E-state index in [0.29, 0.717) is 11.8 Å². The van der Waals surface area contributed by atoms with E-state index in [1.807, 2.05) is 0 Å². The summed E-state index contributed by atoms with van der Waals surface area (Å²) in [6.45, 7) is 8.92. The van der Waals surface area contributed by atoms with Gasteiger partial charge in [0.25, 0.3) is 0 Å². The Morgan fingerprint density at radius 1 is 1.15 bits per heavy atom. The summed E-state index contributed by atoms with van der Waals surface area (Å²) in [5.74, 6) is 1.09. The van der Waals surface area contributed by atoms with Crippen molar-refractivity contribution in [3.05, 3.63) is 0 Å². The molecule has 0 unspecified atom stereocenters. The van der Waals surface area contributed by atoms with Gasteiger partial charge in [-0.3, -0.25) is 4.90 Å². The zero-order chi connectivity index (χ0) is 9.85. The number of rotatable bonds is 0. The Balaban J connectivity index is 2.40. The molecule has 0 aromatic carbocycles. The molecule has 2 nitrogen and oxygen atoms in total. The normalized spacial score (nSPS) is 40.8. The second-order valence-electron chi connectivity index (χ2n) is 6.04. The number of nitrogens with one attached hydrogen (secondary N) is 1. The molecular weight excluding hydrogens is 162 g/mol. The Labute approximate surface area is 80.3 Å². The minimum Gasteiger partial charge on any atom is -0.263 e. The molecule has 13 heavy (non-hydrogen) atoms. The van der Waals surface area contributed by atoms with Crippen LogP contribution in [-0.4, -0.2) is 17.0 Å². The standard InChI is InChI=1S/C11H19NO/c1-10(2)6-8-5-9(13)12(10)11(3,4)7-8/h8H,5-7H2,1-4H3/p+1. The molecule has 3 heterocycles. The van der Waals surface area contributed by atoms with Crippen molar-refractivity contribution >= 4 is 5.91 Å². The number of piperidine rings is 3. The summed E-state index contributed by atoms with van der Waals surface area (Å²) in [7, 11) is 0. The van der Waals surface area contributed by atoms with Crippen molar-refractivity contribution in [2.45, 2.75) is 58.0 Å². The second-order valence-corrected chi connectivity index (χ2v) is 6.04. The van der Waals surface area contributed by atoms with Gasteiger partial charge in [0.2, 0.25) is 0 Å². The highest BCUT2D eigenvalue weighted by Crippen LogP contribution is 2.34. The van der Waals surface area contributed by atoms with Gasteiger partial charge in [0.15, 0.2) is 0 Å². The van der Waals surface area contributed by atoms with Crippen molar-refractivity contribution in [1.29, 1.82) is 0 Å². The number of hydrogen-bond acceptors (Lipinski definition) is 1. The number of carbonyl (C=O) groups excluding carboxylic acids is 1. The molecule has 74 valence electrons. The summed E-state index contributed by atoms with van der Waals surface area (Å²) in [4.78, 5) is 13.1. The van der Waals surface area contributed by atoms with Crippen LogP contribution in [0.5, 0.6) is 0 Å². The van der Waals surface area contributed by atoms with Gasteiger partial charge in [-0.25, -0.2) is 4.79 Å². The van der Waals surface area contributed by atoms with Gasteiger partial charge in [-0.1, -0.05) is 0 Å². The van der Waals surface area contributed by atoms with E-state index in [9.17, 15) is 4.79 Å². The molecule has 0 atom stereocenters. The average Bonchev–Trinajstić information content (AvgIpc) is 1.75. The first-order valence-electron chi connectivity index (χ1n) is 5.24. The van der Waals surface area contributed by atoms with Crippen LogP contribution in [0.25, 0.3) is 0 Å². The number of fused-ring (bicyclic) bond motifs is 3. The lowest BCUT2D eigenvalue weighted by atomic mass is 9.68. The van der Waals surface area contributed by atoms with Gasteiger partial charge >= 0.3 is 5.91 Å². The lowest BCUT2D eigenvalue weighted by Crippen LogP contribution is -3.30. The van der Waals surface area contributed by atoms with Crippen LogP contribution in [-0.2, 0) is 4.79 Å². The van der Waals surface area contributed by atoms with Crippen molar-refractivity contribution in [1.82, 2.24) is 0 Å². The molecule has 1 N–H and O–H groups in total. The molecule has 0 aromatic heterocycles. The number of carbonyl (C=O) groups is 1. The highest BCUT2D eigenvalue weighted by molar-refractivity contribution is 5.69. The Bertz CT molecular complexity index is 237. The van der Waals surface area contributed by atoms with Crippen molar-refractivity contribution in [3.63, 3.8) is 0 Å². The fraction of sp³-hybridized carbons (Fsp3) is 0.909. The van der Waals surface area contributed by atoms with Crippen molar-refractivity contribution < 1.29 is 9.69 Å². The van der Waals surface area contributed by atoms with Crippen LogP contribution < -0.4 is 4.90 Å². The first-order chi connectivity index (χ1) is 5.83. The fourth-order valence-electron chi connectivity index (χ4n) is 3.90. The summed E-state index contributed by atoms with van der Waals surface area (Å²) >= 11 is 0. The molecule has 0 spiro atoms. The Morgan fingerprint density at radius 3 is 1.85 bits per heavy atom. The van der Waals surface area contributed by atoms with Crippen molar-refractivity contribution in [3.8, 4) is 0 Å². The molecule has 2 bridgehead atoms. The minimum absolute atomic E-state index is 0.168. The molecule has 0 radical (unpaired) electrons. The summed E-state index contributed by atoms with van der Waals surface area (Å²) in [5.41, 5.74) is 0.337. The van der Waals surface area contributed by atoms with E-state index in [1.54, 1.807) is 0 Å². The summed E-state index contributed by atoms with van der Waals surface area (Å²) in [6.07, 6.45) is 3.26. The number of hydrogen-bond donors (Lipinski definition) is 1. The molecule has 0 saturated carbocycles. The summed E-state index contributed by atoms with van der Waals surface area (Å²) in [6, 6.07) is 0. The van der Waals surface area contributed by atoms with E-state index in [-0.39, 0.29) is 11.1 Å². The highest BCUT2D eigenvalue weighted by atomic mass is 16.2. The average molecular weight is 182 g/mol. The van der Waals surface area contributed by atoms with Gasteiger partial charge in [0.1, 0.15) is 0 Å². The maximum Gasteiger partial charge on any atom is 0.313 e. The summed E-state index contributed by atoms with van der Waals surface area (Å²) in [5, 5.41) is 0. The molecule has 0 aliphatic carbocycles. The monoisotopic (exact) mass is 182 g/mol. The maximum absolute atomic E-state index is 11.8. The van der Waals surface area contributed by atoms with E-state index in [2.05, 4.69) is 27.7 Å². The van der Waals surface area contributed by atoms with Crippen LogP contribution in [0.4, 0.5) is 0 Å². The maximum atomic E-state index is 11.8. The SMILES string of the molecule is CC1(C)CC2CC(=O)[NH+]1C(C)(C)C2. The largest absolute Gasteiger partial charge is 0.313 e. The van der Waals surface area contributed by atoms with Gasteiger partial charge < -0.3 is 0 Å². The number of quaternary nitrogens is 1. The minimum atomic E-state index is 0.168. The highest BCUT2D eigenvalue weighted by Gasteiger charge is 2.57. The molecule has 2 heteroatoms. The lowest BCUT2D eigenvalue weighted by molar-refractivity contribution is -0.937. The molecule has 3 fully saturated rings. The molecule has 3 aliphatic heterocycles. The van der Waals surface area contributed by atoms with Crippen molar-refractivity contribution in [2.75, 3.05) is 0 Å². The zero-order valence-corrected chi connectivity index (χ0v) is 9.11. The first-order valence-corrected chi connectivity index (χ1v) is 5.24. The van der Waals surface area contributed by atoms with E-state index in [0.717, 1.165) is 6.42 Å². The Kier molecular flexibility index (Phi) is 1.66. The molecular formula is C11H20NO+. The molecule has 3 saturated heterocycles. The fourth-order valence-corrected chi connectivity index (χ4v) is 3.90. The predicted molar refractivity (Wildman–Crippen MR) is 51.5 cm³/mol. The van der Waals surface area contributed by atoms with Gasteiger partial charge in [-0.2, -0.15) is 0 Å². The zero-order valence-electron chi connectivity index (χ0n) is 9.11. The number of amides is 1. The van der Waals surface area contributed by atoms with Crippen LogP contribution >= 0.6 is 0 Å².